The van der Waals surface area contributed by atoms with E-state index in [2.05, 4.69) is 46.3 Å². The van der Waals surface area contributed by atoms with Gasteiger partial charge in [0.2, 0.25) is 5.91 Å². The molecule has 7 heteroatoms. The number of carbonyl (C=O) groups excluding carboxylic acids is 1. The minimum absolute atomic E-state index is 0. The Balaban J connectivity index is 0.00000576. The number of aliphatic imine (C=N–C) groups is 1. The number of benzene rings is 1. The lowest BCUT2D eigenvalue weighted by Crippen LogP contribution is -2.39. The molecule has 0 unspecified atom stereocenters. The molecule has 0 fully saturated rings. The van der Waals surface area contributed by atoms with Crippen LogP contribution >= 0.6 is 24.0 Å². The van der Waals surface area contributed by atoms with Gasteiger partial charge in [0.15, 0.2) is 5.96 Å². The lowest BCUT2D eigenvalue weighted by molar-refractivity contribution is -0.127. The summed E-state index contributed by atoms with van der Waals surface area (Å²) < 4.78 is 0. The van der Waals surface area contributed by atoms with E-state index in [4.69, 9.17) is 0 Å². The zero-order valence-corrected chi connectivity index (χ0v) is 17.7. The van der Waals surface area contributed by atoms with Crippen LogP contribution in [-0.4, -0.2) is 64.1 Å². The smallest absolute Gasteiger partial charge is 0.243 e. The maximum atomic E-state index is 11.6. The molecule has 1 rings (SSSR count). The number of anilines is 1. The SMILES string of the molecule is C=CCNC(=NCC(=O)N(C)C)NCCCN(C)c1ccccc1.I. The number of amides is 1. The highest BCUT2D eigenvalue weighted by atomic mass is 127. The molecule has 25 heavy (non-hydrogen) atoms. The lowest BCUT2D eigenvalue weighted by Gasteiger charge is -2.19. The molecule has 6 nitrogen and oxygen atoms in total. The summed E-state index contributed by atoms with van der Waals surface area (Å²) in [6.07, 6.45) is 2.72. The summed E-state index contributed by atoms with van der Waals surface area (Å²) in [5.74, 6) is 0.603. The zero-order valence-electron chi connectivity index (χ0n) is 15.4. The first-order valence-electron chi connectivity index (χ1n) is 8.14. The topological polar surface area (TPSA) is 60.0 Å². The summed E-state index contributed by atoms with van der Waals surface area (Å²) in [6, 6.07) is 10.3. The van der Waals surface area contributed by atoms with Gasteiger partial charge in [-0.25, -0.2) is 4.99 Å². The molecule has 1 aromatic carbocycles. The number of likely N-dealkylation sites (N-methyl/N-ethyl adjacent to an activating group) is 1. The van der Waals surface area contributed by atoms with E-state index in [-0.39, 0.29) is 36.4 Å². The van der Waals surface area contributed by atoms with Crippen molar-refractivity contribution < 1.29 is 4.79 Å². The number of nitrogens with one attached hydrogen (secondary N) is 2. The maximum Gasteiger partial charge on any atom is 0.243 e. The number of guanidine groups is 1. The van der Waals surface area contributed by atoms with Crippen molar-refractivity contribution in [3.05, 3.63) is 43.0 Å². The molecular formula is C18H30IN5O. The van der Waals surface area contributed by atoms with Gasteiger partial charge in [0, 0.05) is 46.5 Å². The van der Waals surface area contributed by atoms with Crippen LogP contribution in [0.25, 0.3) is 0 Å². The standard InChI is InChI=1S/C18H29N5O.HI/c1-5-12-19-18(21-15-17(24)22(2)3)20-13-9-14-23(4)16-10-7-6-8-11-16;/h5-8,10-11H,1,9,12-15H2,2-4H3,(H2,19,20,21);1H. The molecule has 0 aliphatic carbocycles. The first kappa shape index (κ1) is 23.2. The van der Waals surface area contributed by atoms with E-state index in [1.54, 1.807) is 20.2 Å². The molecule has 140 valence electrons. The Morgan fingerprint density at radius 3 is 2.48 bits per heavy atom. The number of carbonyl (C=O) groups is 1. The van der Waals surface area contributed by atoms with Crippen molar-refractivity contribution >= 4 is 41.5 Å². The number of halogens is 1. The molecule has 0 saturated heterocycles. The maximum absolute atomic E-state index is 11.6. The van der Waals surface area contributed by atoms with Gasteiger partial charge in [0.05, 0.1) is 0 Å². The van der Waals surface area contributed by atoms with Gasteiger partial charge in [-0.05, 0) is 18.6 Å². The Kier molecular flexibility index (Phi) is 12.6. The largest absolute Gasteiger partial charge is 0.375 e. The first-order valence-corrected chi connectivity index (χ1v) is 8.14. The van der Waals surface area contributed by atoms with E-state index in [0.29, 0.717) is 12.5 Å². The summed E-state index contributed by atoms with van der Waals surface area (Å²) in [6.45, 7) is 6.12. The van der Waals surface area contributed by atoms with E-state index in [1.807, 2.05) is 18.2 Å². The van der Waals surface area contributed by atoms with Crippen LogP contribution < -0.4 is 15.5 Å². The number of para-hydroxylation sites is 1. The fourth-order valence-corrected chi connectivity index (χ4v) is 1.97. The van der Waals surface area contributed by atoms with Gasteiger partial charge in [0.25, 0.3) is 0 Å². The van der Waals surface area contributed by atoms with Crippen LogP contribution in [0.3, 0.4) is 0 Å². The van der Waals surface area contributed by atoms with Gasteiger partial charge < -0.3 is 20.4 Å². The molecule has 1 aromatic rings. The van der Waals surface area contributed by atoms with Gasteiger partial charge in [-0.2, -0.15) is 0 Å². The van der Waals surface area contributed by atoms with Crippen LogP contribution in [0, 0.1) is 0 Å². The highest BCUT2D eigenvalue weighted by Gasteiger charge is 2.04. The number of nitrogens with zero attached hydrogens (tertiary/aromatic N) is 3. The van der Waals surface area contributed by atoms with Crippen LogP contribution in [0.5, 0.6) is 0 Å². The molecular weight excluding hydrogens is 429 g/mol. The summed E-state index contributed by atoms with van der Waals surface area (Å²) in [5.41, 5.74) is 1.20. The van der Waals surface area contributed by atoms with Crippen LogP contribution in [0.4, 0.5) is 5.69 Å². The molecule has 0 radical (unpaired) electrons. The summed E-state index contributed by atoms with van der Waals surface area (Å²) in [5, 5.41) is 6.37. The predicted molar refractivity (Wildman–Crippen MR) is 117 cm³/mol. The fraction of sp³-hybridized carbons (Fsp3) is 0.444. The molecule has 0 bridgehead atoms. The highest BCUT2D eigenvalue weighted by molar-refractivity contribution is 14.0. The summed E-state index contributed by atoms with van der Waals surface area (Å²) in [7, 11) is 5.53. The number of hydrogen-bond acceptors (Lipinski definition) is 3. The average Bonchev–Trinajstić information content (AvgIpc) is 2.60. The van der Waals surface area contributed by atoms with E-state index in [9.17, 15) is 4.79 Å². The Labute approximate surface area is 168 Å². The second kappa shape index (κ2) is 13.5. The molecule has 0 atom stereocenters. The Morgan fingerprint density at radius 2 is 1.88 bits per heavy atom. The van der Waals surface area contributed by atoms with Gasteiger partial charge in [-0.1, -0.05) is 24.3 Å². The Morgan fingerprint density at radius 1 is 1.20 bits per heavy atom. The van der Waals surface area contributed by atoms with Gasteiger partial charge >= 0.3 is 0 Å². The van der Waals surface area contributed by atoms with E-state index >= 15 is 0 Å². The van der Waals surface area contributed by atoms with Crippen LogP contribution in [0.2, 0.25) is 0 Å². The van der Waals surface area contributed by atoms with Gasteiger partial charge in [0.1, 0.15) is 6.54 Å². The second-order valence-corrected chi connectivity index (χ2v) is 5.66. The van der Waals surface area contributed by atoms with Crippen molar-refractivity contribution in [1.82, 2.24) is 15.5 Å². The van der Waals surface area contributed by atoms with Gasteiger partial charge in [-0.3, -0.25) is 4.79 Å². The monoisotopic (exact) mass is 459 g/mol. The Hall–Kier alpha value is -1.77. The fourth-order valence-electron chi connectivity index (χ4n) is 1.97. The minimum Gasteiger partial charge on any atom is -0.375 e. The van der Waals surface area contributed by atoms with Crippen LogP contribution in [0.15, 0.2) is 48.0 Å². The summed E-state index contributed by atoms with van der Waals surface area (Å²) >= 11 is 0. The van der Waals surface area contributed by atoms with Gasteiger partial charge in [-0.15, -0.1) is 30.6 Å². The predicted octanol–water partition coefficient (Wildman–Crippen LogP) is 1.94. The van der Waals surface area contributed by atoms with Crippen molar-refractivity contribution in [2.24, 2.45) is 4.99 Å². The molecule has 0 aromatic heterocycles. The molecule has 2 N–H and O–H groups in total. The molecule has 0 spiro atoms. The number of rotatable bonds is 9. The van der Waals surface area contributed by atoms with Crippen molar-refractivity contribution in [3.8, 4) is 0 Å². The average molecular weight is 459 g/mol. The third-order valence-corrected chi connectivity index (χ3v) is 3.44. The molecule has 0 aliphatic rings. The highest BCUT2D eigenvalue weighted by Crippen LogP contribution is 2.10. The van der Waals surface area contributed by atoms with Crippen LogP contribution in [0.1, 0.15) is 6.42 Å². The lowest BCUT2D eigenvalue weighted by atomic mass is 10.3. The third kappa shape index (κ3) is 9.96. The van der Waals surface area contributed by atoms with E-state index in [1.165, 1.54) is 10.6 Å². The molecule has 0 saturated carbocycles. The number of hydrogen-bond donors (Lipinski definition) is 2. The Bertz CT molecular complexity index is 534. The third-order valence-electron chi connectivity index (χ3n) is 3.44. The first-order chi connectivity index (χ1) is 11.5. The van der Waals surface area contributed by atoms with E-state index < -0.39 is 0 Å². The molecule has 0 heterocycles. The normalized spacial score (nSPS) is 10.4. The second-order valence-electron chi connectivity index (χ2n) is 5.66. The van der Waals surface area contributed by atoms with E-state index in [0.717, 1.165) is 19.5 Å². The minimum atomic E-state index is -0.0292. The summed E-state index contributed by atoms with van der Waals surface area (Å²) in [4.78, 5) is 19.7. The zero-order chi connectivity index (χ0) is 17.8. The van der Waals surface area contributed by atoms with Crippen molar-refractivity contribution in [1.29, 1.82) is 0 Å². The molecule has 1 amide bonds. The van der Waals surface area contributed by atoms with Crippen molar-refractivity contribution in [2.45, 2.75) is 6.42 Å². The van der Waals surface area contributed by atoms with Crippen molar-refractivity contribution in [3.63, 3.8) is 0 Å². The molecule has 0 aliphatic heterocycles. The quantitative estimate of drug-likeness (QED) is 0.195. The van der Waals surface area contributed by atoms with Crippen LogP contribution in [-0.2, 0) is 4.79 Å². The van der Waals surface area contributed by atoms with Crippen molar-refractivity contribution in [2.75, 3.05) is 52.2 Å².